The molecule has 0 spiro atoms. The lowest BCUT2D eigenvalue weighted by molar-refractivity contribution is -0.384. The van der Waals surface area contributed by atoms with E-state index in [-0.39, 0.29) is 47.0 Å². The van der Waals surface area contributed by atoms with Gasteiger partial charge in [0.1, 0.15) is 6.61 Å². The molecule has 1 aliphatic heterocycles. The number of non-ortho nitro benzene ring substituents is 1. The number of nitro benzene ring substituents is 1. The summed E-state index contributed by atoms with van der Waals surface area (Å²) in [5, 5.41) is 11.6. The van der Waals surface area contributed by atoms with Crippen molar-refractivity contribution in [2.24, 2.45) is 0 Å². The minimum atomic E-state index is -1.94. The summed E-state index contributed by atoms with van der Waals surface area (Å²) in [7, 11) is -0.513. The summed E-state index contributed by atoms with van der Waals surface area (Å²) in [6.45, 7) is 16.5. The summed E-state index contributed by atoms with van der Waals surface area (Å²) in [5.74, 6) is -2.90. The number of rotatable bonds is 13. The molecule has 0 saturated carbocycles. The van der Waals surface area contributed by atoms with Crippen molar-refractivity contribution in [2.45, 2.75) is 92.5 Å². The monoisotopic (exact) mass is 668 g/mol. The number of amides is 1. The molecule has 2 rings (SSSR count). The van der Waals surface area contributed by atoms with Gasteiger partial charge in [-0.25, -0.2) is 14.4 Å². The van der Waals surface area contributed by atoms with Crippen molar-refractivity contribution in [3.63, 3.8) is 0 Å². The van der Waals surface area contributed by atoms with Gasteiger partial charge in [-0.15, -0.1) is 0 Å². The quantitative estimate of drug-likeness (QED) is 0.0419. The summed E-state index contributed by atoms with van der Waals surface area (Å²) in [6, 6.07) is 5.52. The Kier molecular flexibility index (Phi) is 13.8. The van der Waals surface area contributed by atoms with Crippen molar-refractivity contribution in [1.82, 2.24) is 4.90 Å². The third-order valence-corrected chi connectivity index (χ3v) is 7.67. The lowest BCUT2D eigenvalue weighted by Gasteiger charge is -2.36. The lowest BCUT2D eigenvalue weighted by atomic mass is 9.79. The van der Waals surface area contributed by atoms with Crippen LogP contribution < -0.4 is 0 Å². The van der Waals surface area contributed by atoms with Gasteiger partial charge in [0.2, 0.25) is 6.79 Å². The smallest absolute Gasteiger partial charge is 0.420 e. The Balaban J connectivity index is 2.63. The zero-order chi connectivity index (χ0) is 35.0. The molecule has 0 saturated heterocycles. The van der Waals surface area contributed by atoms with E-state index in [1.165, 1.54) is 45.2 Å². The van der Waals surface area contributed by atoms with Crippen LogP contribution in [-0.2, 0) is 42.1 Å². The molecule has 1 aromatic rings. The number of nitro groups is 1. The van der Waals surface area contributed by atoms with Gasteiger partial charge in [0.25, 0.3) is 5.69 Å². The fraction of sp³-hybridized carbons (Fsp3) is 0.581. The van der Waals surface area contributed by atoms with Gasteiger partial charge in [-0.1, -0.05) is 12.1 Å². The van der Waals surface area contributed by atoms with Gasteiger partial charge in [-0.05, 0) is 74.8 Å². The number of benzene rings is 1. The van der Waals surface area contributed by atoms with E-state index >= 15 is 0 Å². The minimum Gasteiger partial charge on any atom is -0.460 e. The van der Waals surface area contributed by atoms with Crippen LogP contribution in [0.3, 0.4) is 0 Å². The van der Waals surface area contributed by atoms with Gasteiger partial charge in [0, 0.05) is 30.6 Å². The predicted octanol–water partition coefficient (Wildman–Crippen LogP) is 6.65. The van der Waals surface area contributed by atoms with Crippen molar-refractivity contribution in [2.75, 3.05) is 27.1 Å². The van der Waals surface area contributed by atoms with Gasteiger partial charge < -0.3 is 28.0 Å². The van der Waals surface area contributed by atoms with Crippen LogP contribution in [0.15, 0.2) is 46.8 Å². The van der Waals surface area contributed by atoms with Gasteiger partial charge in [0.15, 0.2) is 0 Å². The number of esters is 2. The van der Waals surface area contributed by atoms with Crippen molar-refractivity contribution in [3.8, 4) is 0 Å². The molecule has 0 fully saturated rings. The Hall–Kier alpha value is -3.42. The molecule has 1 amide bonds. The molecule has 0 bridgehead atoms. The van der Waals surface area contributed by atoms with Crippen LogP contribution in [-0.4, -0.2) is 72.3 Å². The van der Waals surface area contributed by atoms with E-state index < -0.39 is 61.6 Å². The Morgan fingerprint density at radius 1 is 0.935 bits per heavy atom. The summed E-state index contributed by atoms with van der Waals surface area (Å²) < 4.78 is 38.8. The first-order chi connectivity index (χ1) is 21.3. The summed E-state index contributed by atoms with van der Waals surface area (Å²) >= 11 is 0. The molecule has 0 N–H and O–H groups in total. The van der Waals surface area contributed by atoms with Crippen molar-refractivity contribution in [1.29, 1.82) is 0 Å². The highest BCUT2D eigenvalue weighted by atomic mass is 31.2. The standard InChI is InChI=1S/C31H45N2O12P/c1-19(2)43-28(35)25-21(4)32(29(36)41-18-42-46(44-30(5,6)7)45-31(8,9)10)20(3)24(27(34)40-16-15-39-11)26(25)22-13-12-14-23(17-22)33(37)38/h12-14,17,19,26H,15-16,18H2,1-11H3. The van der Waals surface area contributed by atoms with Crippen LogP contribution in [0.25, 0.3) is 0 Å². The number of carbonyl (C=O) groups is 3. The van der Waals surface area contributed by atoms with E-state index in [0.29, 0.717) is 0 Å². The molecule has 1 unspecified atom stereocenters. The molecular weight excluding hydrogens is 623 g/mol. The Bertz CT molecular complexity index is 1330. The molecule has 0 aliphatic carbocycles. The fourth-order valence-corrected chi connectivity index (χ4v) is 5.46. The molecule has 0 radical (unpaired) electrons. The summed E-state index contributed by atoms with van der Waals surface area (Å²) in [6.07, 6.45) is -1.55. The van der Waals surface area contributed by atoms with Crippen molar-refractivity contribution >= 4 is 32.3 Å². The topological polar surface area (TPSA) is 162 Å². The Morgan fingerprint density at radius 2 is 1.50 bits per heavy atom. The first kappa shape index (κ1) is 38.8. The highest BCUT2D eigenvalue weighted by Gasteiger charge is 2.43. The number of ether oxygens (including phenoxy) is 4. The van der Waals surface area contributed by atoms with Crippen molar-refractivity contribution in [3.05, 3.63) is 62.5 Å². The molecule has 1 heterocycles. The average Bonchev–Trinajstić information content (AvgIpc) is 2.90. The zero-order valence-corrected chi connectivity index (χ0v) is 29.2. The number of hydrogen-bond donors (Lipinski definition) is 0. The Labute approximate surface area is 271 Å². The maximum Gasteiger partial charge on any atom is 0.420 e. The van der Waals surface area contributed by atoms with E-state index in [9.17, 15) is 24.5 Å². The average molecular weight is 669 g/mol. The molecule has 256 valence electrons. The zero-order valence-electron chi connectivity index (χ0n) is 28.3. The predicted molar refractivity (Wildman–Crippen MR) is 168 cm³/mol. The van der Waals surface area contributed by atoms with Crippen LogP contribution >= 0.6 is 8.60 Å². The molecule has 0 aromatic heterocycles. The third-order valence-electron chi connectivity index (χ3n) is 5.97. The van der Waals surface area contributed by atoms with Gasteiger partial charge >= 0.3 is 26.6 Å². The first-order valence-corrected chi connectivity index (χ1v) is 15.7. The van der Waals surface area contributed by atoms with Crippen LogP contribution in [0.2, 0.25) is 0 Å². The number of methoxy groups -OCH3 is 1. The maximum atomic E-state index is 13.7. The van der Waals surface area contributed by atoms with Crippen LogP contribution in [0, 0.1) is 10.1 Å². The van der Waals surface area contributed by atoms with Crippen LogP contribution in [0.1, 0.15) is 80.7 Å². The van der Waals surface area contributed by atoms with E-state index in [0.717, 1.165) is 4.90 Å². The largest absolute Gasteiger partial charge is 0.460 e. The molecule has 46 heavy (non-hydrogen) atoms. The molecular formula is C31H45N2O12P. The SMILES string of the molecule is COCCOC(=O)C1=C(C)N(C(=O)OCOP(OC(C)(C)C)OC(C)(C)C)C(C)=C(C(=O)OC(C)C)C1c1cccc([N+](=O)[O-])c1. The lowest BCUT2D eigenvalue weighted by Crippen LogP contribution is -2.39. The van der Waals surface area contributed by atoms with E-state index in [4.69, 9.17) is 32.5 Å². The van der Waals surface area contributed by atoms with E-state index in [1.54, 1.807) is 13.8 Å². The number of carbonyl (C=O) groups excluding carboxylic acids is 3. The second-order valence-electron chi connectivity index (χ2n) is 12.5. The van der Waals surface area contributed by atoms with Crippen LogP contribution in [0.4, 0.5) is 10.5 Å². The number of nitrogens with zero attached hydrogens (tertiary/aromatic N) is 2. The van der Waals surface area contributed by atoms with Crippen LogP contribution in [0.5, 0.6) is 0 Å². The normalized spacial score (nSPS) is 15.8. The Morgan fingerprint density at radius 3 is 2.00 bits per heavy atom. The molecule has 1 atom stereocenters. The van der Waals surface area contributed by atoms with Gasteiger partial charge in [0.05, 0.1) is 45.9 Å². The van der Waals surface area contributed by atoms with E-state index in [1.807, 2.05) is 41.5 Å². The molecule has 15 heteroatoms. The minimum absolute atomic E-state index is 0.0710. The van der Waals surface area contributed by atoms with Crippen molar-refractivity contribution < 1.29 is 51.8 Å². The highest BCUT2D eigenvalue weighted by molar-refractivity contribution is 7.41. The number of hydrogen-bond acceptors (Lipinski definition) is 12. The molecule has 14 nitrogen and oxygen atoms in total. The van der Waals surface area contributed by atoms with Gasteiger partial charge in [-0.3, -0.25) is 19.5 Å². The summed E-state index contributed by atoms with van der Waals surface area (Å²) in [4.78, 5) is 53.0. The molecule has 1 aromatic carbocycles. The fourth-order valence-electron chi connectivity index (χ4n) is 4.29. The molecule has 1 aliphatic rings. The summed E-state index contributed by atoms with van der Waals surface area (Å²) in [5.41, 5.74) is -1.35. The van der Waals surface area contributed by atoms with E-state index in [2.05, 4.69) is 0 Å². The maximum absolute atomic E-state index is 13.7. The first-order valence-electron chi connectivity index (χ1n) is 14.6. The second-order valence-corrected chi connectivity index (χ2v) is 13.6. The second kappa shape index (κ2) is 16.4. The van der Waals surface area contributed by atoms with Gasteiger partial charge in [-0.2, -0.15) is 0 Å². The highest BCUT2D eigenvalue weighted by Crippen LogP contribution is 2.48. The number of allylic oxidation sites excluding steroid dienone is 2. The third kappa shape index (κ3) is 11.1.